The summed E-state index contributed by atoms with van der Waals surface area (Å²) >= 11 is 0. The first-order valence-corrected chi connectivity index (χ1v) is 6.81. The van der Waals surface area contributed by atoms with Crippen molar-refractivity contribution in [3.63, 3.8) is 0 Å². The number of urea groups is 1. The normalized spacial score (nSPS) is 23.1. The molecule has 1 rings (SSSR count). The van der Waals surface area contributed by atoms with Crippen LogP contribution in [-0.2, 0) is 4.79 Å². The fourth-order valence-corrected chi connectivity index (χ4v) is 2.31. The summed E-state index contributed by atoms with van der Waals surface area (Å²) in [7, 11) is 0. The lowest BCUT2D eigenvalue weighted by Gasteiger charge is -2.16. The molecule has 1 heterocycles. The fraction of sp³-hybridized carbons (Fsp3) is 0.846. The third-order valence-corrected chi connectivity index (χ3v) is 3.52. The zero-order chi connectivity index (χ0) is 13.5. The Kier molecular flexibility index (Phi) is 5.95. The van der Waals surface area contributed by atoms with E-state index in [1.807, 2.05) is 6.92 Å². The highest BCUT2D eigenvalue weighted by molar-refractivity contribution is 5.77. The van der Waals surface area contributed by atoms with Crippen LogP contribution in [0.1, 0.15) is 39.5 Å². The van der Waals surface area contributed by atoms with Crippen LogP contribution in [0.5, 0.6) is 0 Å². The van der Waals surface area contributed by atoms with Crippen molar-refractivity contribution in [3.05, 3.63) is 0 Å². The van der Waals surface area contributed by atoms with E-state index in [0.717, 1.165) is 12.8 Å². The molecule has 18 heavy (non-hydrogen) atoms. The number of carbonyl (C=O) groups is 2. The first-order valence-electron chi connectivity index (χ1n) is 6.81. The van der Waals surface area contributed by atoms with Gasteiger partial charge in [0.2, 0.25) is 0 Å². The Morgan fingerprint density at radius 1 is 1.28 bits per heavy atom. The van der Waals surface area contributed by atoms with Gasteiger partial charge in [-0.15, -0.1) is 0 Å². The number of amides is 2. The maximum absolute atomic E-state index is 11.8. The second-order valence-electron chi connectivity index (χ2n) is 5.12. The van der Waals surface area contributed by atoms with E-state index in [-0.39, 0.29) is 11.9 Å². The lowest BCUT2D eigenvalue weighted by atomic mass is 9.99. The van der Waals surface area contributed by atoms with E-state index in [4.69, 9.17) is 5.11 Å². The van der Waals surface area contributed by atoms with Crippen LogP contribution in [0.2, 0.25) is 0 Å². The van der Waals surface area contributed by atoms with Crippen LogP contribution in [0.3, 0.4) is 0 Å². The molecule has 5 heteroatoms. The second kappa shape index (κ2) is 7.24. The predicted octanol–water partition coefficient (Wildman–Crippen LogP) is 1.93. The smallest absolute Gasteiger partial charge is 0.317 e. The molecular weight excluding hydrogens is 232 g/mol. The van der Waals surface area contributed by atoms with E-state index >= 15 is 0 Å². The zero-order valence-electron chi connectivity index (χ0n) is 11.3. The van der Waals surface area contributed by atoms with Crippen molar-refractivity contribution in [2.24, 2.45) is 11.8 Å². The van der Waals surface area contributed by atoms with Crippen molar-refractivity contribution < 1.29 is 14.7 Å². The molecule has 0 unspecified atom stereocenters. The number of hydrogen-bond acceptors (Lipinski definition) is 2. The quantitative estimate of drug-likeness (QED) is 0.713. The van der Waals surface area contributed by atoms with Crippen molar-refractivity contribution in [1.29, 1.82) is 0 Å². The number of nitrogens with zero attached hydrogens (tertiary/aromatic N) is 1. The van der Waals surface area contributed by atoms with Crippen molar-refractivity contribution in [2.75, 3.05) is 19.6 Å². The number of nitrogens with one attached hydrogen (secondary N) is 1. The Bertz CT molecular complexity index is 294. The number of rotatable bonds is 6. The Hall–Kier alpha value is -1.26. The Morgan fingerprint density at radius 3 is 2.56 bits per heavy atom. The van der Waals surface area contributed by atoms with Gasteiger partial charge in [-0.1, -0.05) is 33.1 Å². The fourth-order valence-electron chi connectivity index (χ4n) is 2.31. The minimum absolute atomic E-state index is 0.0355. The average Bonchev–Trinajstić information content (AvgIpc) is 2.71. The Labute approximate surface area is 109 Å². The maximum Gasteiger partial charge on any atom is 0.317 e. The SMILES string of the molecule is CCCCCCNC(=O)N1C[C@@H](C)[C@H](C(=O)O)C1. The summed E-state index contributed by atoms with van der Waals surface area (Å²) in [6, 6.07) is -0.123. The zero-order valence-corrected chi connectivity index (χ0v) is 11.3. The summed E-state index contributed by atoms with van der Waals surface area (Å²) in [5, 5.41) is 11.9. The molecule has 2 N–H and O–H groups in total. The number of likely N-dealkylation sites (tertiary alicyclic amines) is 1. The molecular formula is C13H24N2O3. The minimum Gasteiger partial charge on any atom is -0.481 e. The first-order chi connectivity index (χ1) is 8.56. The highest BCUT2D eigenvalue weighted by atomic mass is 16.4. The number of aliphatic carboxylic acids is 1. The van der Waals surface area contributed by atoms with Crippen molar-refractivity contribution >= 4 is 12.0 Å². The Morgan fingerprint density at radius 2 is 2.00 bits per heavy atom. The molecule has 2 atom stereocenters. The topological polar surface area (TPSA) is 69.6 Å². The largest absolute Gasteiger partial charge is 0.481 e. The predicted molar refractivity (Wildman–Crippen MR) is 69.4 cm³/mol. The Balaban J connectivity index is 2.25. The summed E-state index contributed by atoms with van der Waals surface area (Å²) in [4.78, 5) is 24.4. The van der Waals surface area contributed by atoms with Gasteiger partial charge in [0.05, 0.1) is 5.92 Å². The summed E-state index contributed by atoms with van der Waals surface area (Å²) in [5.74, 6) is -1.19. The number of carboxylic acid groups (broad SMARTS) is 1. The van der Waals surface area contributed by atoms with Gasteiger partial charge < -0.3 is 15.3 Å². The van der Waals surface area contributed by atoms with Crippen LogP contribution in [0.25, 0.3) is 0 Å². The summed E-state index contributed by atoms with van der Waals surface area (Å²) < 4.78 is 0. The molecule has 5 nitrogen and oxygen atoms in total. The van der Waals surface area contributed by atoms with Gasteiger partial charge in [-0.2, -0.15) is 0 Å². The standard InChI is InChI=1S/C13H24N2O3/c1-3-4-5-6-7-14-13(18)15-8-10(2)11(9-15)12(16)17/h10-11H,3-9H2,1-2H3,(H,14,18)(H,16,17)/t10-,11-/m1/s1. The van der Waals surface area contributed by atoms with Gasteiger partial charge in [0.15, 0.2) is 0 Å². The maximum atomic E-state index is 11.8. The molecule has 1 saturated heterocycles. The van der Waals surface area contributed by atoms with E-state index in [1.54, 1.807) is 4.90 Å². The first kappa shape index (κ1) is 14.8. The number of carboxylic acids is 1. The molecule has 2 amide bonds. The minimum atomic E-state index is -0.805. The third-order valence-electron chi connectivity index (χ3n) is 3.52. The molecule has 0 aromatic rings. The number of hydrogen-bond donors (Lipinski definition) is 2. The van der Waals surface area contributed by atoms with Gasteiger partial charge in [0.25, 0.3) is 0 Å². The van der Waals surface area contributed by atoms with Crippen molar-refractivity contribution in [2.45, 2.75) is 39.5 Å². The van der Waals surface area contributed by atoms with Crippen LogP contribution >= 0.6 is 0 Å². The lowest BCUT2D eigenvalue weighted by Crippen LogP contribution is -2.39. The lowest BCUT2D eigenvalue weighted by molar-refractivity contribution is -0.142. The molecule has 0 radical (unpaired) electrons. The van der Waals surface area contributed by atoms with Gasteiger partial charge in [-0.05, 0) is 12.3 Å². The summed E-state index contributed by atoms with van der Waals surface area (Å²) in [6.45, 7) is 5.58. The highest BCUT2D eigenvalue weighted by Gasteiger charge is 2.36. The molecule has 0 bridgehead atoms. The summed E-state index contributed by atoms with van der Waals surface area (Å²) in [6.07, 6.45) is 4.49. The molecule has 104 valence electrons. The highest BCUT2D eigenvalue weighted by Crippen LogP contribution is 2.22. The molecule has 0 aliphatic carbocycles. The average molecular weight is 256 g/mol. The van der Waals surface area contributed by atoms with E-state index in [9.17, 15) is 9.59 Å². The monoisotopic (exact) mass is 256 g/mol. The molecule has 0 spiro atoms. The van der Waals surface area contributed by atoms with Crippen LogP contribution in [0.15, 0.2) is 0 Å². The molecule has 0 saturated carbocycles. The number of carbonyl (C=O) groups excluding carboxylic acids is 1. The van der Waals surface area contributed by atoms with Gasteiger partial charge in [-0.25, -0.2) is 4.79 Å². The van der Waals surface area contributed by atoms with Crippen LogP contribution in [0.4, 0.5) is 4.79 Å². The van der Waals surface area contributed by atoms with Crippen molar-refractivity contribution in [3.8, 4) is 0 Å². The molecule has 0 aromatic carbocycles. The van der Waals surface area contributed by atoms with Gasteiger partial charge in [0, 0.05) is 19.6 Å². The van der Waals surface area contributed by atoms with E-state index in [2.05, 4.69) is 12.2 Å². The van der Waals surface area contributed by atoms with Crippen LogP contribution < -0.4 is 5.32 Å². The van der Waals surface area contributed by atoms with Gasteiger partial charge in [0.1, 0.15) is 0 Å². The van der Waals surface area contributed by atoms with Crippen LogP contribution in [-0.4, -0.2) is 41.6 Å². The molecule has 1 aliphatic rings. The van der Waals surface area contributed by atoms with Crippen LogP contribution in [0, 0.1) is 11.8 Å². The third kappa shape index (κ3) is 4.20. The molecule has 1 fully saturated rings. The second-order valence-corrected chi connectivity index (χ2v) is 5.12. The van der Waals surface area contributed by atoms with E-state index < -0.39 is 11.9 Å². The van der Waals surface area contributed by atoms with E-state index in [0.29, 0.717) is 19.6 Å². The number of unbranched alkanes of at least 4 members (excludes halogenated alkanes) is 3. The molecule has 0 aromatic heterocycles. The van der Waals surface area contributed by atoms with Gasteiger partial charge in [-0.3, -0.25) is 4.79 Å². The summed E-state index contributed by atoms with van der Waals surface area (Å²) in [5.41, 5.74) is 0. The van der Waals surface area contributed by atoms with Gasteiger partial charge >= 0.3 is 12.0 Å². The molecule has 1 aliphatic heterocycles. The van der Waals surface area contributed by atoms with Crippen molar-refractivity contribution in [1.82, 2.24) is 10.2 Å². The van der Waals surface area contributed by atoms with E-state index in [1.165, 1.54) is 12.8 Å².